The molecule has 0 aromatic heterocycles. The van der Waals surface area contributed by atoms with Crippen LogP contribution in [0.3, 0.4) is 0 Å². The fourth-order valence-corrected chi connectivity index (χ4v) is 6.69. The summed E-state index contributed by atoms with van der Waals surface area (Å²) in [7, 11) is -3.70. The van der Waals surface area contributed by atoms with Crippen LogP contribution in [0, 0.1) is 17.6 Å². The zero-order valence-electron chi connectivity index (χ0n) is 18.3. The first-order valence-electron chi connectivity index (χ1n) is 11.1. The molecule has 2 aliphatic rings. The second-order valence-electron chi connectivity index (χ2n) is 8.95. The van der Waals surface area contributed by atoms with Gasteiger partial charge in [-0.2, -0.15) is 0 Å². The first-order chi connectivity index (χ1) is 15.7. The maximum atomic E-state index is 15.0. The highest BCUT2D eigenvalue weighted by Gasteiger charge is 2.43. The third-order valence-corrected chi connectivity index (χ3v) is 9.15. The molecule has 0 spiro atoms. The molecule has 1 saturated heterocycles. The largest absolute Gasteiger partial charge is 0.367 e. The lowest BCUT2D eigenvalue weighted by Crippen LogP contribution is -2.53. The van der Waals surface area contributed by atoms with Crippen LogP contribution in [0.1, 0.15) is 47.8 Å². The van der Waals surface area contributed by atoms with E-state index in [-0.39, 0.29) is 30.7 Å². The Morgan fingerprint density at radius 2 is 1.88 bits per heavy atom. The number of sulfone groups is 1. The second-order valence-corrected chi connectivity index (χ2v) is 11.3. The summed E-state index contributed by atoms with van der Waals surface area (Å²) in [5, 5.41) is 1.47. The van der Waals surface area contributed by atoms with Crippen LogP contribution in [0.25, 0.3) is 0 Å². The Kier molecular flexibility index (Phi) is 6.83. The van der Waals surface area contributed by atoms with Gasteiger partial charge < -0.3 is 15.8 Å². The number of carbonyl (C=O) groups excluding carboxylic acids is 1. The number of nitrogens with two attached hydrogens (primary N) is 1. The Bertz CT molecular complexity index is 1120. The van der Waals surface area contributed by atoms with Crippen molar-refractivity contribution >= 4 is 15.7 Å². The van der Waals surface area contributed by atoms with E-state index in [0.29, 0.717) is 11.5 Å². The molecule has 2 aromatic carbocycles. The van der Waals surface area contributed by atoms with E-state index in [1.165, 1.54) is 0 Å². The van der Waals surface area contributed by atoms with Crippen LogP contribution in [0.4, 0.5) is 8.78 Å². The first-order valence-corrected chi connectivity index (χ1v) is 12.7. The zero-order valence-corrected chi connectivity index (χ0v) is 19.2. The summed E-state index contributed by atoms with van der Waals surface area (Å²) in [6.45, 7) is 2.22. The van der Waals surface area contributed by atoms with E-state index in [2.05, 4.69) is 5.32 Å². The van der Waals surface area contributed by atoms with Crippen molar-refractivity contribution in [2.75, 3.05) is 13.2 Å². The molecule has 33 heavy (non-hydrogen) atoms. The molecule has 1 amide bonds. The minimum absolute atomic E-state index is 0.0717. The average Bonchev–Trinajstić information content (AvgIpc) is 3.59. The highest BCUT2D eigenvalue weighted by Crippen LogP contribution is 2.34. The molecule has 0 bridgehead atoms. The molecule has 1 aliphatic carbocycles. The van der Waals surface area contributed by atoms with Crippen molar-refractivity contribution in [2.45, 2.75) is 48.8 Å². The number of hydrogen-bond donors (Lipinski definition) is 2. The summed E-state index contributed by atoms with van der Waals surface area (Å²) in [4.78, 5) is 11.8. The van der Waals surface area contributed by atoms with Crippen molar-refractivity contribution in [3.8, 4) is 0 Å². The van der Waals surface area contributed by atoms with E-state index in [0.717, 1.165) is 25.0 Å². The second kappa shape index (κ2) is 9.48. The lowest BCUT2D eigenvalue weighted by Gasteiger charge is -2.35. The summed E-state index contributed by atoms with van der Waals surface area (Å²) < 4.78 is 62.3. The summed E-state index contributed by atoms with van der Waals surface area (Å²) >= 11 is 0. The van der Waals surface area contributed by atoms with Crippen molar-refractivity contribution in [3.63, 3.8) is 0 Å². The normalized spacial score (nSPS) is 25.5. The van der Waals surface area contributed by atoms with Gasteiger partial charge in [0.2, 0.25) is 0 Å². The van der Waals surface area contributed by atoms with E-state index in [1.54, 1.807) is 37.3 Å². The Hall–Kier alpha value is -2.36. The standard InChI is InChI=1S/C24H28F2N2O4S/c1-14-21(33(30,31)22(12-28-14)16-5-3-2-4-6-16)10-17-9-20(26)18(11-19(17)25)23(24(27)29)32-13-15-7-8-15/h2-6,9,11,14-15,21-23,28H,7-8,10,12-13H2,1H3,(H2,27,29)/t14-,21?,22-,23-/m0/s1. The number of benzene rings is 2. The van der Waals surface area contributed by atoms with Crippen LogP contribution in [0.2, 0.25) is 0 Å². The predicted octanol–water partition coefficient (Wildman–Crippen LogP) is 2.98. The molecule has 6 nitrogen and oxygen atoms in total. The lowest BCUT2D eigenvalue weighted by atomic mass is 9.99. The maximum absolute atomic E-state index is 15.0. The zero-order chi connectivity index (χ0) is 23.8. The molecule has 1 aliphatic heterocycles. The number of amides is 1. The van der Waals surface area contributed by atoms with Crippen LogP contribution in [-0.4, -0.2) is 38.8 Å². The van der Waals surface area contributed by atoms with Gasteiger partial charge in [-0.1, -0.05) is 30.3 Å². The Morgan fingerprint density at radius 3 is 2.52 bits per heavy atom. The van der Waals surface area contributed by atoms with Crippen molar-refractivity contribution in [2.24, 2.45) is 11.7 Å². The maximum Gasteiger partial charge on any atom is 0.251 e. The van der Waals surface area contributed by atoms with Crippen LogP contribution in [0.15, 0.2) is 42.5 Å². The van der Waals surface area contributed by atoms with Crippen molar-refractivity contribution in [1.82, 2.24) is 5.32 Å². The third kappa shape index (κ3) is 5.10. The molecule has 4 atom stereocenters. The Labute approximate surface area is 192 Å². The fraction of sp³-hybridized carbons (Fsp3) is 0.458. The number of primary amides is 1. The van der Waals surface area contributed by atoms with Crippen LogP contribution in [-0.2, 0) is 25.8 Å². The molecule has 1 saturated carbocycles. The van der Waals surface area contributed by atoms with Crippen LogP contribution < -0.4 is 11.1 Å². The Balaban J connectivity index is 1.59. The van der Waals surface area contributed by atoms with E-state index in [4.69, 9.17) is 10.5 Å². The Morgan fingerprint density at radius 1 is 1.18 bits per heavy atom. The van der Waals surface area contributed by atoms with E-state index < -0.39 is 50.0 Å². The molecule has 3 N–H and O–H groups in total. The SMILES string of the molecule is C[C@@H]1NC[C@@H](c2ccccc2)S(=O)(=O)C1Cc1cc(F)c([C@H](OCC2CC2)C(N)=O)cc1F. The monoisotopic (exact) mass is 478 g/mol. The lowest BCUT2D eigenvalue weighted by molar-refractivity contribution is -0.130. The number of ether oxygens (including phenoxy) is 1. The summed E-state index contributed by atoms with van der Waals surface area (Å²) in [6.07, 6.45) is 0.337. The number of nitrogens with one attached hydrogen (secondary N) is 1. The van der Waals surface area contributed by atoms with Gasteiger partial charge in [-0.3, -0.25) is 4.79 Å². The van der Waals surface area contributed by atoms with Gasteiger partial charge in [0.15, 0.2) is 15.9 Å². The number of hydrogen-bond acceptors (Lipinski definition) is 5. The molecule has 2 fully saturated rings. The molecule has 178 valence electrons. The molecule has 2 aromatic rings. The smallest absolute Gasteiger partial charge is 0.251 e. The predicted molar refractivity (Wildman–Crippen MR) is 120 cm³/mol. The van der Waals surface area contributed by atoms with Crippen molar-refractivity contribution in [1.29, 1.82) is 0 Å². The topological polar surface area (TPSA) is 98.5 Å². The van der Waals surface area contributed by atoms with E-state index >= 15 is 4.39 Å². The molecular formula is C24H28F2N2O4S. The minimum atomic E-state index is -3.70. The van der Waals surface area contributed by atoms with Gasteiger partial charge in [0.1, 0.15) is 11.6 Å². The van der Waals surface area contributed by atoms with Crippen LogP contribution >= 0.6 is 0 Å². The minimum Gasteiger partial charge on any atom is -0.367 e. The fourth-order valence-electron chi connectivity index (χ4n) is 4.32. The van der Waals surface area contributed by atoms with Gasteiger partial charge in [-0.05, 0) is 55.4 Å². The summed E-state index contributed by atoms with van der Waals surface area (Å²) in [6, 6.07) is 10.2. The van der Waals surface area contributed by atoms with Crippen molar-refractivity contribution < 1.29 is 26.7 Å². The highest BCUT2D eigenvalue weighted by atomic mass is 32.2. The van der Waals surface area contributed by atoms with Crippen LogP contribution in [0.5, 0.6) is 0 Å². The van der Waals surface area contributed by atoms with Gasteiger partial charge in [0, 0.05) is 18.2 Å². The van der Waals surface area contributed by atoms with Gasteiger partial charge in [-0.15, -0.1) is 0 Å². The molecular weight excluding hydrogens is 450 g/mol. The first kappa shape index (κ1) is 23.8. The van der Waals surface area contributed by atoms with E-state index in [9.17, 15) is 17.6 Å². The number of carbonyl (C=O) groups is 1. The third-order valence-electron chi connectivity index (χ3n) is 6.50. The summed E-state index contributed by atoms with van der Waals surface area (Å²) in [5.41, 5.74) is 5.67. The molecule has 4 rings (SSSR count). The quantitative estimate of drug-likeness (QED) is 0.608. The van der Waals surface area contributed by atoms with Gasteiger partial charge in [0.25, 0.3) is 5.91 Å². The molecule has 9 heteroatoms. The van der Waals surface area contributed by atoms with Crippen molar-refractivity contribution in [3.05, 3.63) is 70.8 Å². The average molecular weight is 479 g/mol. The van der Waals surface area contributed by atoms with Gasteiger partial charge >= 0.3 is 0 Å². The van der Waals surface area contributed by atoms with E-state index in [1.807, 2.05) is 0 Å². The number of rotatable bonds is 8. The van der Waals surface area contributed by atoms with Gasteiger partial charge in [0.05, 0.1) is 17.1 Å². The number of halogens is 2. The molecule has 0 radical (unpaired) electrons. The summed E-state index contributed by atoms with van der Waals surface area (Å²) in [5.74, 6) is -2.24. The molecule has 1 unspecified atom stereocenters. The highest BCUT2D eigenvalue weighted by molar-refractivity contribution is 7.92. The van der Waals surface area contributed by atoms with Gasteiger partial charge in [-0.25, -0.2) is 17.2 Å². The molecule has 1 heterocycles.